The van der Waals surface area contributed by atoms with Crippen LogP contribution < -0.4 is 5.32 Å². The van der Waals surface area contributed by atoms with Crippen LogP contribution in [0.4, 0.5) is 0 Å². The van der Waals surface area contributed by atoms with E-state index in [0.717, 1.165) is 12.2 Å². The summed E-state index contributed by atoms with van der Waals surface area (Å²) in [7, 11) is 2.00. The maximum Gasteiger partial charge on any atom is 0.0928 e. The average molecular weight is 306 g/mol. The van der Waals surface area contributed by atoms with Gasteiger partial charge in [0.05, 0.1) is 10.7 Å². The van der Waals surface area contributed by atoms with E-state index in [4.69, 9.17) is 0 Å². The topological polar surface area (TPSA) is 24.9 Å². The fourth-order valence-electron chi connectivity index (χ4n) is 1.94. The Kier molecular flexibility index (Phi) is 6.07. The first-order valence-corrected chi connectivity index (χ1v) is 8.92. The first kappa shape index (κ1) is 15.5. The quantitative estimate of drug-likeness (QED) is 0.753. The molecule has 0 bridgehead atoms. The number of hydrogen-bond donors (Lipinski definition) is 1. The Morgan fingerprint density at radius 2 is 2.25 bits per heavy atom. The van der Waals surface area contributed by atoms with E-state index in [-0.39, 0.29) is 0 Å². The van der Waals surface area contributed by atoms with E-state index in [1.807, 2.05) is 18.8 Å². The van der Waals surface area contributed by atoms with Crippen molar-refractivity contribution in [2.24, 2.45) is 0 Å². The minimum absolute atomic E-state index is 0.394. The summed E-state index contributed by atoms with van der Waals surface area (Å²) in [5.74, 6) is 0.956. The van der Waals surface area contributed by atoms with E-state index in [1.54, 1.807) is 11.3 Å². The predicted molar refractivity (Wildman–Crippen MR) is 89.6 cm³/mol. The second kappa shape index (κ2) is 7.81. The van der Waals surface area contributed by atoms with E-state index >= 15 is 0 Å². The highest BCUT2D eigenvalue weighted by molar-refractivity contribution is 7.98. The van der Waals surface area contributed by atoms with Crippen molar-refractivity contribution in [2.75, 3.05) is 7.05 Å². The summed E-state index contributed by atoms with van der Waals surface area (Å²) < 4.78 is 0. The molecule has 0 fully saturated rings. The lowest BCUT2D eigenvalue weighted by Gasteiger charge is -2.11. The predicted octanol–water partition coefficient (Wildman–Crippen LogP) is 4.67. The van der Waals surface area contributed by atoms with Crippen LogP contribution in [0.5, 0.6) is 0 Å². The Hall–Kier alpha value is -0.840. The fourth-order valence-corrected chi connectivity index (χ4v) is 3.80. The van der Waals surface area contributed by atoms with Gasteiger partial charge in [0.25, 0.3) is 0 Å². The summed E-state index contributed by atoms with van der Waals surface area (Å²) in [5, 5.41) is 6.74. The third-order valence-corrected chi connectivity index (χ3v) is 5.23. The van der Waals surface area contributed by atoms with Crippen LogP contribution in [-0.4, -0.2) is 12.0 Å². The van der Waals surface area contributed by atoms with E-state index < -0.39 is 0 Å². The number of nitrogens with one attached hydrogen (secondary N) is 1. The molecular weight excluding hydrogens is 284 g/mol. The average Bonchev–Trinajstić information content (AvgIpc) is 2.93. The summed E-state index contributed by atoms with van der Waals surface area (Å²) in [6.07, 6.45) is 2.27. The summed E-state index contributed by atoms with van der Waals surface area (Å²) in [5.41, 5.74) is 2.54. The van der Waals surface area contributed by atoms with Crippen molar-refractivity contribution in [3.63, 3.8) is 0 Å². The highest BCUT2D eigenvalue weighted by Crippen LogP contribution is 2.26. The van der Waals surface area contributed by atoms with Crippen LogP contribution in [0.25, 0.3) is 0 Å². The minimum atomic E-state index is 0.394. The SMILES string of the molecule is CCCc1nc(CSc2cccc(C(C)NC)c2)cs1. The van der Waals surface area contributed by atoms with Crippen molar-refractivity contribution < 1.29 is 0 Å². The molecule has 1 heterocycles. The molecule has 1 aromatic carbocycles. The zero-order chi connectivity index (χ0) is 14.4. The van der Waals surface area contributed by atoms with E-state index in [2.05, 4.69) is 53.8 Å². The summed E-state index contributed by atoms with van der Waals surface area (Å²) in [6.45, 7) is 4.38. The van der Waals surface area contributed by atoms with Gasteiger partial charge in [0.2, 0.25) is 0 Å². The summed E-state index contributed by atoms with van der Waals surface area (Å²) in [4.78, 5) is 5.99. The van der Waals surface area contributed by atoms with Crippen LogP contribution >= 0.6 is 23.1 Å². The molecule has 108 valence electrons. The third kappa shape index (κ3) is 4.33. The summed E-state index contributed by atoms with van der Waals surface area (Å²) in [6, 6.07) is 9.15. The van der Waals surface area contributed by atoms with E-state index in [1.165, 1.54) is 27.6 Å². The largest absolute Gasteiger partial charge is 0.313 e. The molecule has 1 unspecified atom stereocenters. The Bertz CT molecular complexity index is 537. The van der Waals surface area contributed by atoms with E-state index in [9.17, 15) is 0 Å². The molecule has 0 aliphatic rings. The number of aryl methyl sites for hydroxylation is 1. The van der Waals surface area contributed by atoms with Gasteiger partial charge in [-0.25, -0.2) is 4.98 Å². The van der Waals surface area contributed by atoms with Gasteiger partial charge in [-0.1, -0.05) is 19.1 Å². The van der Waals surface area contributed by atoms with Gasteiger partial charge in [0.1, 0.15) is 0 Å². The van der Waals surface area contributed by atoms with Gasteiger partial charge < -0.3 is 5.32 Å². The van der Waals surface area contributed by atoms with Gasteiger partial charge >= 0.3 is 0 Å². The molecule has 0 spiro atoms. The molecule has 4 heteroatoms. The Morgan fingerprint density at radius 3 is 3.00 bits per heavy atom. The van der Waals surface area contributed by atoms with Crippen LogP contribution in [0.2, 0.25) is 0 Å². The minimum Gasteiger partial charge on any atom is -0.313 e. The molecule has 1 atom stereocenters. The normalized spacial score (nSPS) is 12.6. The maximum atomic E-state index is 4.67. The lowest BCUT2D eigenvalue weighted by molar-refractivity contribution is 0.651. The second-order valence-electron chi connectivity index (χ2n) is 4.85. The Balaban J connectivity index is 1.96. The monoisotopic (exact) mass is 306 g/mol. The molecule has 0 radical (unpaired) electrons. The molecule has 0 amide bonds. The first-order valence-electron chi connectivity index (χ1n) is 7.06. The third-order valence-electron chi connectivity index (χ3n) is 3.24. The molecular formula is C16H22N2S2. The zero-order valence-corrected chi connectivity index (χ0v) is 14.0. The van der Waals surface area contributed by atoms with Gasteiger partial charge in [0.15, 0.2) is 0 Å². The van der Waals surface area contributed by atoms with Crippen molar-refractivity contribution in [1.29, 1.82) is 0 Å². The molecule has 0 aliphatic carbocycles. The fraction of sp³-hybridized carbons (Fsp3) is 0.438. The van der Waals surface area contributed by atoms with Crippen LogP contribution in [0.1, 0.15) is 42.6 Å². The second-order valence-corrected chi connectivity index (χ2v) is 6.85. The lowest BCUT2D eigenvalue weighted by Crippen LogP contribution is -2.11. The number of aromatic nitrogens is 1. The highest BCUT2D eigenvalue weighted by Gasteiger charge is 2.05. The van der Waals surface area contributed by atoms with Crippen molar-refractivity contribution in [1.82, 2.24) is 10.3 Å². The van der Waals surface area contributed by atoms with Crippen molar-refractivity contribution in [3.8, 4) is 0 Å². The highest BCUT2D eigenvalue weighted by atomic mass is 32.2. The van der Waals surface area contributed by atoms with Crippen LogP contribution in [0.15, 0.2) is 34.5 Å². The lowest BCUT2D eigenvalue weighted by atomic mass is 10.1. The molecule has 20 heavy (non-hydrogen) atoms. The summed E-state index contributed by atoms with van der Waals surface area (Å²) >= 11 is 3.65. The standard InChI is InChI=1S/C16H22N2S2/c1-4-6-16-18-14(11-20-16)10-19-15-8-5-7-13(9-15)12(2)17-3/h5,7-9,11-12,17H,4,6,10H2,1-3H3. The molecule has 2 rings (SSSR count). The van der Waals surface area contributed by atoms with Gasteiger partial charge in [0, 0.05) is 22.1 Å². The van der Waals surface area contributed by atoms with Crippen molar-refractivity contribution >= 4 is 23.1 Å². The number of thiazole rings is 1. The number of hydrogen-bond acceptors (Lipinski definition) is 4. The van der Waals surface area contributed by atoms with Gasteiger partial charge in [-0.15, -0.1) is 23.1 Å². The van der Waals surface area contributed by atoms with E-state index in [0.29, 0.717) is 6.04 Å². The molecule has 2 aromatic rings. The number of nitrogens with zero attached hydrogens (tertiary/aromatic N) is 1. The molecule has 1 aromatic heterocycles. The van der Waals surface area contributed by atoms with Crippen LogP contribution in [-0.2, 0) is 12.2 Å². The van der Waals surface area contributed by atoms with Gasteiger partial charge in [-0.3, -0.25) is 0 Å². The Morgan fingerprint density at radius 1 is 1.40 bits per heavy atom. The first-order chi connectivity index (χ1) is 9.72. The maximum absolute atomic E-state index is 4.67. The molecule has 0 aliphatic heterocycles. The van der Waals surface area contributed by atoms with Crippen LogP contribution in [0, 0.1) is 0 Å². The smallest absolute Gasteiger partial charge is 0.0928 e. The zero-order valence-electron chi connectivity index (χ0n) is 12.3. The Labute approximate surface area is 130 Å². The van der Waals surface area contributed by atoms with Gasteiger partial charge in [-0.05, 0) is 44.5 Å². The molecule has 2 nitrogen and oxygen atoms in total. The number of rotatable bonds is 7. The van der Waals surface area contributed by atoms with Crippen molar-refractivity contribution in [3.05, 3.63) is 45.9 Å². The molecule has 0 saturated carbocycles. The van der Waals surface area contributed by atoms with Crippen LogP contribution in [0.3, 0.4) is 0 Å². The van der Waals surface area contributed by atoms with Gasteiger partial charge in [-0.2, -0.15) is 0 Å². The number of benzene rings is 1. The van der Waals surface area contributed by atoms with Crippen molar-refractivity contribution in [2.45, 2.75) is 43.4 Å². The molecule has 1 N–H and O–H groups in total. The number of thioether (sulfide) groups is 1. The molecule has 0 saturated heterocycles.